The van der Waals surface area contributed by atoms with Crippen molar-refractivity contribution in [2.45, 2.75) is 32.4 Å². The molecule has 1 N–H and O–H groups in total. The Morgan fingerprint density at radius 2 is 2.03 bits per heavy atom. The molecule has 0 fully saturated rings. The van der Waals surface area contributed by atoms with Crippen LogP contribution in [-0.4, -0.2) is 27.3 Å². The van der Waals surface area contributed by atoms with Gasteiger partial charge < -0.3 is 10.2 Å². The minimum absolute atomic E-state index is 0.00644. The Balaban J connectivity index is 1.57. The normalized spacial score (nSPS) is 16.1. The maximum atomic E-state index is 13.8. The largest absolute Gasteiger partial charge is 0.363 e. The van der Waals surface area contributed by atoms with Crippen molar-refractivity contribution in [2.75, 3.05) is 11.9 Å². The summed E-state index contributed by atoms with van der Waals surface area (Å²) in [5.41, 5.74) is 2.98. The van der Waals surface area contributed by atoms with E-state index in [2.05, 4.69) is 27.4 Å². The zero-order chi connectivity index (χ0) is 20.2. The summed E-state index contributed by atoms with van der Waals surface area (Å²) in [6.45, 7) is 2.57. The van der Waals surface area contributed by atoms with Crippen LogP contribution in [0.25, 0.3) is 0 Å². The van der Waals surface area contributed by atoms with Gasteiger partial charge in [-0.15, -0.1) is 0 Å². The van der Waals surface area contributed by atoms with Gasteiger partial charge in [0.15, 0.2) is 0 Å². The van der Waals surface area contributed by atoms with Crippen LogP contribution in [0.15, 0.2) is 60.8 Å². The Bertz CT molecular complexity index is 1010. The van der Waals surface area contributed by atoms with Crippen LogP contribution in [-0.2, 0) is 17.8 Å². The molecule has 1 unspecified atom stereocenters. The molecule has 1 aliphatic rings. The van der Waals surface area contributed by atoms with Gasteiger partial charge in [0.2, 0.25) is 5.91 Å². The fourth-order valence-electron chi connectivity index (χ4n) is 3.72. The summed E-state index contributed by atoms with van der Waals surface area (Å²) in [7, 11) is 0. The minimum Gasteiger partial charge on any atom is -0.363 e. The fourth-order valence-corrected chi connectivity index (χ4v) is 3.72. The van der Waals surface area contributed by atoms with Crippen molar-refractivity contribution in [2.24, 2.45) is 0 Å². The number of benzene rings is 2. The molecule has 3 aromatic rings. The Morgan fingerprint density at radius 1 is 1.21 bits per heavy atom. The molecule has 0 saturated carbocycles. The second-order valence-corrected chi connectivity index (χ2v) is 7.29. The molecule has 1 amide bonds. The van der Waals surface area contributed by atoms with Gasteiger partial charge in [-0.1, -0.05) is 36.4 Å². The van der Waals surface area contributed by atoms with E-state index in [1.807, 2.05) is 24.3 Å². The molecule has 0 aliphatic carbocycles. The summed E-state index contributed by atoms with van der Waals surface area (Å²) in [5.74, 6) is 1.16. The molecule has 6 heteroatoms. The average Bonchev–Trinajstić information content (AvgIpc) is 2.88. The first-order chi connectivity index (χ1) is 14.1. The number of hydrogen-bond donors (Lipinski definition) is 1. The number of fused-ring (bicyclic) bond motifs is 1. The molecule has 0 radical (unpaired) electrons. The number of amides is 1. The number of anilines is 1. The van der Waals surface area contributed by atoms with Gasteiger partial charge in [-0.3, -0.25) is 4.79 Å². The van der Waals surface area contributed by atoms with Gasteiger partial charge in [0.05, 0.1) is 6.04 Å². The topological polar surface area (TPSA) is 58.1 Å². The molecular weight excluding hydrogens is 367 g/mol. The molecule has 4 rings (SSSR count). The van der Waals surface area contributed by atoms with Crippen LogP contribution in [0.1, 0.15) is 41.9 Å². The summed E-state index contributed by atoms with van der Waals surface area (Å²) < 4.78 is 13.8. The van der Waals surface area contributed by atoms with Gasteiger partial charge in [-0.2, -0.15) is 0 Å². The van der Waals surface area contributed by atoms with Crippen molar-refractivity contribution in [3.05, 3.63) is 89.1 Å². The first-order valence-electron chi connectivity index (χ1n) is 9.75. The lowest BCUT2D eigenvalue weighted by atomic mass is 9.99. The Hall–Kier alpha value is -3.28. The van der Waals surface area contributed by atoms with E-state index in [0.29, 0.717) is 19.5 Å². The lowest BCUT2D eigenvalue weighted by Crippen LogP contribution is -2.28. The molecule has 2 heterocycles. The van der Waals surface area contributed by atoms with Crippen LogP contribution in [0.4, 0.5) is 10.2 Å². The second-order valence-electron chi connectivity index (χ2n) is 7.29. The Morgan fingerprint density at radius 3 is 2.83 bits per heavy atom. The number of nitrogens with one attached hydrogen (secondary N) is 1. The van der Waals surface area contributed by atoms with Crippen molar-refractivity contribution in [3.63, 3.8) is 0 Å². The highest BCUT2D eigenvalue weighted by atomic mass is 19.1. The lowest BCUT2D eigenvalue weighted by Gasteiger charge is -2.20. The number of hydrogen-bond acceptors (Lipinski definition) is 4. The quantitative estimate of drug-likeness (QED) is 0.728. The van der Waals surface area contributed by atoms with Crippen molar-refractivity contribution >= 4 is 11.7 Å². The molecular formula is C23H23FN4O. The number of nitrogens with zero attached hydrogens (tertiary/aromatic N) is 3. The molecule has 29 heavy (non-hydrogen) atoms. The van der Waals surface area contributed by atoms with Crippen molar-refractivity contribution < 1.29 is 9.18 Å². The lowest BCUT2D eigenvalue weighted by molar-refractivity contribution is -0.129. The van der Waals surface area contributed by atoms with Crippen LogP contribution in [0.2, 0.25) is 0 Å². The highest BCUT2D eigenvalue weighted by molar-refractivity contribution is 5.73. The SMILES string of the molecule is CC(=O)N1CCC(Nc2ccnc(Cc3ccccc3)n2)c2ccc(F)cc2C1. The summed E-state index contributed by atoms with van der Waals surface area (Å²) in [4.78, 5) is 22.7. The average molecular weight is 390 g/mol. The predicted octanol–water partition coefficient (Wildman–Crippen LogP) is 4.11. The third-order valence-corrected chi connectivity index (χ3v) is 5.21. The van der Waals surface area contributed by atoms with Gasteiger partial charge in [0, 0.05) is 32.6 Å². The predicted molar refractivity (Wildman–Crippen MR) is 110 cm³/mol. The van der Waals surface area contributed by atoms with E-state index in [1.54, 1.807) is 24.1 Å². The van der Waals surface area contributed by atoms with Crippen LogP contribution < -0.4 is 5.32 Å². The van der Waals surface area contributed by atoms with E-state index in [9.17, 15) is 9.18 Å². The van der Waals surface area contributed by atoms with E-state index in [0.717, 1.165) is 34.8 Å². The molecule has 0 saturated heterocycles. The maximum Gasteiger partial charge on any atom is 0.219 e. The number of aromatic nitrogens is 2. The van der Waals surface area contributed by atoms with Gasteiger partial charge in [-0.25, -0.2) is 14.4 Å². The molecule has 2 aromatic carbocycles. The van der Waals surface area contributed by atoms with Crippen LogP contribution >= 0.6 is 0 Å². The summed E-state index contributed by atoms with van der Waals surface area (Å²) in [5, 5.41) is 3.47. The molecule has 5 nitrogen and oxygen atoms in total. The minimum atomic E-state index is -0.292. The standard InChI is InChI=1S/C23H23FN4O/c1-16(29)28-12-10-21(20-8-7-19(24)14-18(20)15-28)26-22-9-11-25-23(27-22)13-17-5-3-2-4-6-17/h2-9,11,14,21H,10,12-13,15H2,1H3,(H,25,26,27). The van der Waals surface area contributed by atoms with Gasteiger partial charge in [-0.05, 0) is 41.3 Å². The first-order valence-corrected chi connectivity index (χ1v) is 9.75. The molecule has 0 bridgehead atoms. The van der Waals surface area contributed by atoms with Gasteiger partial charge in [0.1, 0.15) is 17.5 Å². The smallest absolute Gasteiger partial charge is 0.219 e. The van der Waals surface area contributed by atoms with Crippen molar-refractivity contribution in [1.82, 2.24) is 14.9 Å². The highest BCUT2D eigenvalue weighted by Crippen LogP contribution is 2.30. The number of halogens is 1. The fraction of sp³-hybridized carbons (Fsp3) is 0.261. The van der Waals surface area contributed by atoms with E-state index >= 15 is 0 Å². The van der Waals surface area contributed by atoms with E-state index in [-0.39, 0.29) is 17.8 Å². The summed E-state index contributed by atoms with van der Waals surface area (Å²) in [6.07, 6.45) is 3.12. The molecule has 1 aromatic heterocycles. The third-order valence-electron chi connectivity index (χ3n) is 5.21. The maximum absolute atomic E-state index is 13.8. The van der Waals surface area contributed by atoms with Gasteiger partial charge >= 0.3 is 0 Å². The van der Waals surface area contributed by atoms with Gasteiger partial charge in [0.25, 0.3) is 0 Å². The third kappa shape index (κ3) is 4.59. The zero-order valence-corrected chi connectivity index (χ0v) is 16.3. The Labute approximate surface area is 169 Å². The van der Waals surface area contributed by atoms with E-state index in [4.69, 9.17) is 0 Å². The highest BCUT2D eigenvalue weighted by Gasteiger charge is 2.24. The van der Waals surface area contributed by atoms with Crippen LogP contribution in [0, 0.1) is 5.82 Å². The van der Waals surface area contributed by atoms with E-state index < -0.39 is 0 Å². The summed E-state index contributed by atoms with van der Waals surface area (Å²) >= 11 is 0. The zero-order valence-electron chi connectivity index (χ0n) is 16.3. The van der Waals surface area contributed by atoms with E-state index in [1.165, 1.54) is 12.1 Å². The van der Waals surface area contributed by atoms with Crippen molar-refractivity contribution in [1.29, 1.82) is 0 Å². The first kappa shape index (κ1) is 19.1. The molecule has 148 valence electrons. The molecule has 0 spiro atoms. The monoisotopic (exact) mass is 390 g/mol. The Kier molecular flexibility index (Phi) is 5.51. The number of carbonyl (C=O) groups excluding carboxylic acids is 1. The number of carbonyl (C=O) groups is 1. The van der Waals surface area contributed by atoms with Crippen molar-refractivity contribution in [3.8, 4) is 0 Å². The molecule has 1 aliphatic heterocycles. The summed E-state index contributed by atoms with van der Waals surface area (Å²) in [6, 6.07) is 16.7. The number of rotatable bonds is 4. The van der Waals surface area contributed by atoms with Crippen LogP contribution in [0.5, 0.6) is 0 Å². The second kappa shape index (κ2) is 8.39. The molecule has 1 atom stereocenters. The van der Waals surface area contributed by atoms with Crippen LogP contribution in [0.3, 0.4) is 0 Å².